The lowest BCUT2D eigenvalue weighted by Crippen LogP contribution is -2.24. The number of rotatable bonds is 5. The topological polar surface area (TPSA) is 112 Å². The summed E-state index contributed by atoms with van der Waals surface area (Å²) in [6.07, 6.45) is 1.42. The Morgan fingerprint density at radius 2 is 2.21 bits per heavy atom. The zero-order chi connectivity index (χ0) is 20.5. The number of benzene rings is 1. The van der Waals surface area contributed by atoms with Crippen LogP contribution in [0.3, 0.4) is 0 Å². The molecule has 3 heterocycles. The summed E-state index contributed by atoms with van der Waals surface area (Å²) in [6.45, 7) is 3.72. The number of nitrogens with zero attached hydrogens (tertiary/aromatic N) is 6. The van der Waals surface area contributed by atoms with Gasteiger partial charge in [-0.1, -0.05) is 22.8 Å². The zero-order valence-electron chi connectivity index (χ0n) is 15.2. The summed E-state index contributed by atoms with van der Waals surface area (Å²) in [5.41, 5.74) is 1.32. The molecule has 12 heteroatoms. The van der Waals surface area contributed by atoms with Gasteiger partial charge in [-0.2, -0.15) is 9.67 Å². The Morgan fingerprint density at radius 1 is 1.38 bits per heavy atom. The zero-order valence-corrected chi connectivity index (χ0v) is 16.8. The van der Waals surface area contributed by atoms with Crippen LogP contribution in [0, 0.1) is 19.7 Å². The Kier molecular flexibility index (Phi) is 5.07. The highest BCUT2D eigenvalue weighted by molar-refractivity contribution is 7.15. The molecule has 29 heavy (non-hydrogen) atoms. The molecule has 4 aromatic rings. The van der Waals surface area contributed by atoms with Crippen LogP contribution in [-0.2, 0) is 6.54 Å². The number of nitrogens with one attached hydrogen (secondary N) is 1. The number of hydrogen-bond acceptors (Lipinski definition) is 8. The van der Waals surface area contributed by atoms with Crippen LogP contribution >= 0.6 is 22.9 Å². The number of hydrogen-bond donors (Lipinski definition) is 1. The van der Waals surface area contributed by atoms with E-state index in [-0.39, 0.29) is 34.8 Å². The van der Waals surface area contributed by atoms with Crippen molar-refractivity contribution >= 4 is 28.8 Å². The van der Waals surface area contributed by atoms with Crippen molar-refractivity contribution in [1.29, 1.82) is 0 Å². The largest absolute Gasteiger partial charge is 0.343 e. The lowest BCUT2D eigenvalue weighted by Gasteiger charge is -2.05. The van der Waals surface area contributed by atoms with Gasteiger partial charge in [0.25, 0.3) is 5.91 Å². The van der Waals surface area contributed by atoms with Crippen molar-refractivity contribution in [3.63, 3.8) is 0 Å². The molecule has 3 aromatic heterocycles. The smallest absolute Gasteiger partial charge is 0.255 e. The summed E-state index contributed by atoms with van der Waals surface area (Å²) in [4.78, 5) is 17.9. The van der Waals surface area contributed by atoms with Crippen molar-refractivity contribution < 1.29 is 13.7 Å². The van der Waals surface area contributed by atoms with Crippen LogP contribution in [0.4, 0.5) is 4.39 Å². The highest BCUT2D eigenvalue weighted by Crippen LogP contribution is 2.30. The van der Waals surface area contributed by atoms with E-state index in [1.54, 1.807) is 0 Å². The standard InChI is InChI=1S/C17H13ClFN7O2S/c1-8-9(2)29-17(26-7-21-24-25-26)13(8)16(27)20-6-12-22-15(23-28-12)14-10(18)4-3-5-11(14)19/h3-5,7H,6H2,1-2H3,(H,20,27). The van der Waals surface area contributed by atoms with Gasteiger partial charge in [-0.25, -0.2) is 4.39 Å². The van der Waals surface area contributed by atoms with Crippen LogP contribution in [-0.4, -0.2) is 36.3 Å². The predicted octanol–water partition coefficient (Wildman–Crippen LogP) is 3.11. The Bertz CT molecular complexity index is 1170. The fourth-order valence-corrected chi connectivity index (χ4v) is 3.99. The lowest BCUT2D eigenvalue weighted by molar-refractivity contribution is 0.0946. The van der Waals surface area contributed by atoms with Gasteiger partial charge in [-0.3, -0.25) is 4.79 Å². The first-order valence-electron chi connectivity index (χ1n) is 8.34. The van der Waals surface area contributed by atoms with E-state index in [0.29, 0.717) is 10.6 Å². The van der Waals surface area contributed by atoms with Crippen LogP contribution in [0.15, 0.2) is 29.0 Å². The molecule has 0 aliphatic heterocycles. The normalized spacial score (nSPS) is 11.0. The first kappa shape index (κ1) is 19.2. The van der Waals surface area contributed by atoms with E-state index < -0.39 is 5.82 Å². The van der Waals surface area contributed by atoms with Gasteiger partial charge in [0, 0.05) is 4.88 Å². The minimum atomic E-state index is -0.565. The molecule has 0 atom stereocenters. The third-order valence-corrected chi connectivity index (χ3v) is 5.72. The van der Waals surface area contributed by atoms with Gasteiger partial charge < -0.3 is 9.84 Å². The molecule has 9 nitrogen and oxygen atoms in total. The van der Waals surface area contributed by atoms with Crippen LogP contribution < -0.4 is 5.32 Å². The van der Waals surface area contributed by atoms with Crippen LogP contribution in [0.1, 0.15) is 26.7 Å². The van der Waals surface area contributed by atoms with Crippen molar-refractivity contribution in [2.45, 2.75) is 20.4 Å². The van der Waals surface area contributed by atoms with Gasteiger partial charge in [0.2, 0.25) is 11.7 Å². The molecule has 0 aliphatic rings. The second-order valence-corrected chi connectivity index (χ2v) is 7.62. The van der Waals surface area contributed by atoms with Gasteiger partial charge in [-0.15, -0.1) is 16.4 Å². The van der Waals surface area contributed by atoms with E-state index in [2.05, 4.69) is 31.0 Å². The summed E-state index contributed by atoms with van der Waals surface area (Å²) in [5.74, 6) is -0.791. The molecule has 1 N–H and O–H groups in total. The second-order valence-electron chi connectivity index (χ2n) is 6.01. The van der Waals surface area contributed by atoms with Gasteiger partial charge in [0.05, 0.1) is 22.7 Å². The number of aromatic nitrogens is 6. The first-order valence-corrected chi connectivity index (χ1v) is 9.53. The average molecular weight is 434 g/mol. The number of amides is 1. The molecule has 1 amide bonds. The number of carbonyl (C=O) groups excluding carboxylic acids is 1. The molecule has 0 fully saturated rings. The molecule has 0 spiro atoms. The molecule has 0 radical (unpaired) electrons. The predicted molar refractivity (Wildman–Crippen MR) is 102 cm³/mol. The number of halogens is 2. The fraction of sp³-hybridized carbons (Fsp3) is 0.176. The molecule has 4 rings (SSSR count). The Morgan fingerprint density at radius 3 is 2.93 bits per heavy atom. The summed E-state index contributed by atoms with van der Waals surface area (Å²) < 4.78 is 20.6. The summed E-state index contributed by atoms with van der Waals surface area (Å²) >= 11 is 7.42. The van der Waals surface area contributed by atoms with Crippen molar-refractivity contribution in [2.24, 2.45) is 0 Å². The minimum Gasteiger partial charge on any atom is -0.343 e. The number of carbonyl (C=O) groups is 1. The molecular weight excluding hydrogens is 421 g/mol. The second kappa shape index (κ2) is 7.68. The van der Waals surface area contributed by atoms with Crippen LogP contribution in [0.2, 0.25) is 5.02 Å². The highest BCUT2D eigenvalue weighted by atomic mass is 35.5. The summed E-state index contributed by atoms with van der Waals surface area (Å²) in [6, 6.07) is 4.26. The average Bonchev–Trinajstić information content (AvgIpc) is 3.42. The third-order valence-electron chi connectivity index (χ3n) is 4.21. The Labute approximate surface area is 172 Å². The van der Waals surface area contributed by atoms with E-state index in [0.717, 1.165) is 10.4 Å². The van der Waals surface area contributed by atoms with Gasteiger partial charge in [0.15, 0.2) is 0 Å². The lowest BCUT2D eigenvalue weighted by atomic mass is 10.1. The maximum Gasteiger partial charge on any atom is 0.255 e. The summed E-state index contributed by atoms with van der Waals surface area (Å²) in [5, 5.41) is 18.3. The molecule has 148 valence electrons. The highest BCUT2D eigenvalue weighted by Gasteiger charge is 2.22. The number of thiophene rings is 1. The minimum absolute atomic E-state index is 0.00860. The SMILES string of the molecule is Cc1sc(-n2cnnn2)c(C(=O)NCc2nc(-c3c(F)cccc3Cl)no2)c1C. The molecular formula is C17H13ClFN7O2S. The van der Waals surface area contributed by atoms with E-state index in [4.69, 9.17) is 16.1 Å². The van der Waals surface area contributed by atoms with Crippen molar-refractivity contribution in [1.82, 2.24) is 35.7 Å². The molecule has 0 unspecified atom stereocenters. The van der Waals surface area contributed by atoms with Gasteiger partial charge in [0.1, 0.15) is 17.1 Å². The van der Waals surface area contributed by atoms with E-state index in [1.165, 1.54) is 40.5 Å². The molecule has 1 aromatic carbocycles. The first-order chi connectivity index (χ1) is 14.0. The quantitative estimate of drug-likeness (QED) is 0.514. The van der Waals surface area contributed by atoms with Crippen LogP contribution in [0.25, 0.3) is 16.4 Å². The summed E-state index contributed by atoms with van der Waals surface area (Å²) in [7, 11) is 0. The maximum absolute atomic E-state index is 14.0. The van der Waals surface area contributed by atoms with Gasteiger partial charge in [-0.05, 0) is 42.0 Å². The Hall–Kier alpha value is -3.18. The van der Waals surface area contributed by atoms with Gasteiger partial charge >= 0.3 is 0 Å². The van der Waals surface area contributed by atoms with Crippen LogP contribution in [0.5, 0.6) is 0 Å². The Balaban J connectivity index is 1.54. The third kappa shape index (κ3) is 3.61. The van der Waals surface area contributed by atoms with E-state index in [1.807, 2.05) is 13.8 Å². The molecule has 0 bridgehead atoms. The van der Waals surface area contributed by atoms with Crippen molar-refractivity contribution in [3.8, 4) is 16.4 Å². The maximum atomic E-state index is 14.0. The fourth-order valence-electron chi connectivity index (χ4n) is 2.68. The molecule has 0 aliphatic carbocycles. The number of aryl methyl sites for hydroxylation is 1. The monoisotopic (exact) mass is 433 g/mol. The van der Waals surface area contributed by atoms with E-state index >= 15 is 0 Å². The number of tetrazole rings is 1. The van der Waals surface area contributed by atoms with Crippen molar-refractivity contribution in [2.75, 3.05) is 0 Å². The van der Waals surface area contributed by atoms with Crippen molar-refractivity contribution in [3.05, 3.63) is 57.3 Å². The van der Waals surface area contributed by atoms with E-state index in [9.17, 15) is 9.18 Å². The molecule has 0 saturated carbocycles. The molecule has 0 saturated heterocycles.